The van der Waals surface area contributed by atoms with Crippen LogP contribution in [0.1, 0.15) is 28.2 Å². The monoisotopic (exact) mass is 582 g/mol. The second-order valence-electron chi connectivity index (χ2n) is 9.07. The molecule has 35 heavy (non-hydrogen) atoms. The maximum absolute atomic E-state index is 12.9. The molecule has 0 aromatic heterocycles. The number of carbonyl (C=O) groups excluding carboxylic acids is 1. The Morgan fingerprint density at radius 1 is 0.971 bits per heavy atom. The van der Waals surface area contributed by atoms with Crippen LogP contribution < -0.4 is 4.90 Å². The molecule has 1 fully saturated rings. The Morgan fingerprint density at radius 3 is 2.17 bits per heavy atom. The Hall–Kier alpha value is -3.07. The van der Waals surface area contributed by atoms with Crippen molar-refractivity contribution in [3.63, 3.8) is 0 Å². The Labute approximate surface area is 218 Å². The van der Waals surface area contributed by atoms with E-state index in [9.17, 15) is 14.7 Å². The van der Waals surface area contributed by atoms with Gasteiger partial charge in [-0.25, -0.2) is 4.79 Å². The number of ether oxygens (including phenoxy) is 1. The van der Waals surface area contributed by atoms with E-state index in [2.05, 4.69) is 58.7 Å². The van der Waals surface area contributed by atoms with Gasteiger partial charge in [0.2, 0.25) is 0 Å². The van der Waals surface area contributed by atoms with E-state index in [-0.39, 0.29) is 18.4 Å². The van der Waals surface area contributed by atoms with Gasteiger partial charge in [-0.3, -0.25) is 4.79 Å². The van der Waals surface area contributed by atoms with Crippen LogP contribution in [-0.4, -0.2) is 54.9 Å². The molecule has 1 aliphatic heterocycles. The summed E-state index contributed by atoms with van der Waals surface area (Å²) in [4.78, 5) is 28.1. The van der Waals surface area contributed by atoms with E-state index < -0.39 is 5.97 Å². The van der Waals surface area contributed by atoms with Crippen LogP contribution in [0.4, 0.5) is 10.5 Å². The number of aliphatic carboxylic acids is 1. The largest absolute Gasteiger partial charge is 0.481 e. The third-order valence-corrected chi connectivity index (χ3v) is 8.07. The molecular formula is C28H27IN2O4. The van der Waals surface area contributed by atoms with Gasteiger partial charge in [0.15, 0.2) is 0 Å². The van der Waals surface area contributed by atoms with Gasteiger partial charge in [0.25, 0.3) is 0 Å². The molecular weight excluding hydrogens is 555 g/mol. The number of hydrogen-bond donors (Lipinski definition) is 1. The summed E-state index contributed by atoms with van der Waals surface area (Å²) in [6, 6.07) is 20.6. The molecule has 0 saturated carbocycles. The summed E-state index contributed by atoms with van der Waals surface area (Å²) in [6.45, 7) is 4.86. The minimum Gasteiger partial charge on any atom is -0.481 e. The van der Waals surface area contributed by atoms with Gasteiger partial charge in [0.1, 0.15) is 6.61 Å². The second-order valence-corrected chi connectivity index (χ2v) is 10.2. The van der Waals surface area contributed by atoms with Crippen LogP contribution in [0.5, 0.6) is 0 Å². The van der Waals surface area contributed by atoms with Crippen LogP contribution in [0.25, 0.3) is 11.1 Å². The molecule has 7 heteroatoms. The highest BCUT2D eigenvalue weighted by molar-refractivity contribution is 14.1. The van der Waals surface area contributed by atoms with E-state index >= 15 is 0 Å². The average molecular weight is 582 g/mol. The molecule has 1 saturated heterocycles. The van der Waals surface area contributed by atoms with Crippen LogP contribution >= 0.6 is 22.6 Å². The number of carboxylic acid groups (broad SMARTS) is 1. The summed E-state index contributed by atoms with van der Waals surface area (Å²) in [5.41, 5.74) is 7.81. The SMILES string of the molecule is Cc1c(I)cc(CC(=O)O)cc1N1CCN(C(=O)OCC2c3ccccc3-c3ccccc32)CC1. The maximum Gasteiger partial charge on any atom is 0.409 e. The molecule has 0 radical (unpaired) electrons. The summed E-state index contributed by atoms with van der Waals surface area (Å²) in [5, 5.41) is 9.19. The first kappa shape index (κ1) is 23.7. The summed E-state index contributed by atoms with van der Waals surface area (Å²) in [7, 11) is 0. The summed E-state index contributed by atoms with van der Waals surface area (Å²) < 4.78 is 6.88. The van der Waals surface area contributed by atoms with Gasteiger partial charge in [0.05, 0.1) is 6.42 Å². The quantitative estimate of drug-likeness (QED) is 0.414. The van der Waals surface area contributed by atoms with E-state index in [0.717, 1.165) is 20.4 Å². The van der Waals surface area contributed by atoms with Gasteiger partial charge in [-0.05, 0) is 75.0 Å². The molecule has 1 N–H and O–H groups in total. The lowest BCUT2D eigenvalue weighted by Gasteiger charge is -2.36. The molecule has 180 valence electrons. The van der Waals surface area contributed by atoms with E-state index in [1.165, 1.54) is 22.3 Å². The van der Waals surface area contributed by atoms with Crippen LogP contribution in [0.3, 0.4) is 0 Å². The molecule has 0 atom stereocenters. The van der Waals surface area contributed by atoms with Crippen molar-refractivity contribution in [2.45, 2.75) is 19.3 Å². The van der Waals surface area contributed by atoms with Gasteiger partial charge in [-0.15, -0.1) is 0 Å². The van der Waals surface area contributed by atoms with Crippen molar-refractivity contribution in [2.24, 2.45) is 0 Å². The van der Waals surface area contributed by atoms with Crippen molar-refractivity contribution in [1.29, 1.82) is 0 Å². The second kappa shape index (κ2) is 9.89. The predicted octanol–water partition coefficient (Wildman–Crippen LogP) is 5.30. The number of amides is 1. The molecule has 0 unspecified atom stereocenters. The number of anilines is 1. The number of halogens is 1. The molecule has 0 bridgehead atoms. The number of carbonyl (C=O) groups is 2. The number of piperazine rings is 1. The van der Waals surface area contributed by atoms with Crippen molar-refractivity contribution in [3.05, 3.63) is 86.5 Å². The van der Waals surface area contributed by atoms with Crippen LogP contribution in [0.15, 0.2) is 60.7 Å². The van der Waals surface area contributed by atoms with E-state index in [0.29, 0.717) is 32.8 Å². The Bertz CT molecular complexity index is 1240. The number of nitrogens with zero attached hydrogens (tertiary/aromatic N) is 2. The highest BCUT2D eigenvalue weighted by atomic mass is 127. The zero-order chi connectivity index (χ0) is 24.5. The van der Waals surface area contributed by atoms with Crippen molar-refractivity contribution >= 4 is 40.3 Å². The smallest absolute Gasteiger partial charge is 0.409 e. The molecule has 6 nitrogen and oxygen atoms in total. The number of fused-ring (bicyclic) bond motifs is 3. The lowest BCUT2D eigenvalue weighted by molar-refractivity contribution is -0.136. The highest BCUT2D eigenvalue weighted by Gasteiger charge is 2.30. The molecule has 3 aromatic carbocycles. The Morgan fingerprint density at radius 2 is 1.57 bits per heavy atom. The standard InChI is InChI=1S/C28H27IN2O4/c1-18-25(29)14-19(16-27(32)33)15-26(18)30-10-12-31(13-11-30)28(34)35-17-24-22-8-4-2-6-20(22)21-7-3-5-9-23(21)24/h2-9,14-15,24H,10-13,16-17H2,1H3,(H,32,33). The molecule has 5 rings (SSSR count). The van der Waals surface area contributed by atoms with Crippen molar-refractivity contribution < 1.29 is 19.4 Å². The predicted molar refractivity (Wildman–Crippen MR) is 144 cm³/mol. The van der Waals surface area contributed by atoms with Crippen molar-refractivity contribution in [2.75, 3.05) is 37.7 Å². The Balaban J connectivity index is 1.23. The van der Waals surface area contributed by atoms with E-state index in [4.69, 9.17) is 4.74 Å². The maximum atomic E-state index is 12.9. The zero-order valence-electron chi connectivity index (χ0n) is 19.5. The van der Waals surface area contributed by atoms with E-state index in [1.807, 2.05) is 36.4 Å². The van der Waals surface area contributed by atoms with Gasteiger partial charge in [-0.2, -0.15) is 0 Å². The molecule has 1 heterocycles. The fourth-order valence-electron chi connectivity index (χ4n) is 5.14. The van der Waals surface area contributed by atoms with Crippen LogP contribution in [-0.2, 0) is 16.0 Å². The first-order chi connectivity index (χ1) is 16.9. The fourth-order valence-corrected chi connectivity index (χ4v) is 5.82. The third-order valence-electron chi connectivity index (χ3n) is 6.95. The number of hydrogen-bond acceptors (Lipinski definition) is 4. The number of rotatable bonds is 5. The van der Waals surface area contributed by atoms with Gasteiger partial charge < -0.3 is 19.6 Å². The molecule has 2 aliphatic rings. The molecule has 1 aliphatic carbocycles. The normalized spacial score (nSPS) is 15.0. The van der Waals surface area contributed by atoms with Gasteiger partial charge in [-0.1, -0.05) is 48.5 Å². The third kappa shape index (κ3) is 4.74. The average Bonchev–Trinajstić information content (AvgIpc) is 3.18. The fraction of sp³-hybridized carbons (Fsp3) is 0.286. The number of carboxylic acids is 1. The Kier molecular flexibility index (Phi) is 6.69. The molecule has 1 amide bonds. The first-order valence-electron chi connectivity index (χ1n) is 11.8. The lowest BCUT2D eigenvalue weighted by atomic mass is 9.98. The van der Waals surface area contributed by atoms with Crippen LogP contribution in [0.2, 0.25) is 0 Å². The number of benzene rings is 3. The highest BCUT2D eigenvalue weighted by Crippen LogP contribution is 2.44. The topological polar surface area (TPSA) is 70.1 Å². The minimum absolute atomic E-state index is 0.00297. The summed E-state index contributed by atoms with van der Waals surface area (Å²) in [5.74, 6) is -0.787. The zero-order valence-corrected chi connectivity index (χ0v) is 21.7. The van der Waals surface area contributed by atoms with Crippen LogP contribution in [0, 0.1) is 10.5 Å². The minimum atomic E-state index is -0.837. The summed E-state index contributed by atoms with van der Waals surface area (Å²) in [6.07, 6.45) is -0.277. The van der Waals surface area contributed by atoms with Crippen molar-refractivity contribution in [1.82, 2.24) is 4.90 Å². The van der Waals surface area contributed by atoms with E-state index in [1.54, 1.807) is 4.90 Å². The molecule has 0 spiro atoms. The van der Waals surface area contributed by atoms with Crippen molar-refractivity contribution in [3.8, 4) is 11.1 Å². The summed E-state index contributed by atoms with van der Waals surface area (Å²) >= 11 is 2.26. The molecule has 3 aromatic rings. The lowest BCUT2D eigenvalue weighted by Crippen LogP contribution is -2.49. The first-order valence-corrected chi connectivity index (χ1v) is 12.9. The van der Waals surface area contributed by atoms with Gasteiger partial charge >= 0.3 is 12.1 Å². The van der Waals surface area contributed by atoms with Gasteiger partial charge in [0, 0.05) is 41.4 Å².